The van der Waals surface area contributed by atoms with Crippen LogP contribution in [0.25, 0.3) is 0 Å². The summed E-state index contributed by atoms with van der Waals surface area (Å²) in [5.41, 5.74) is 0.377. The summed E-state index contributed by atoms with van der Waals surface area (Å²) >= 11 is 0. The second kappa shape index (κ2) is 12.0. The molecule has 10 atom stereocenters. The second-order valence-electron chi connectivity index (χ2n) is 15.8. The van der Waals surface area contributed by atoms with E-state index in [-0.39, 0.29) is 46.5 Å². The Morgan fingerprint density at radius 3 is 2.12 bits per heavy atom. The van der Waals surface area contributed by atoms with Gasteiger partial charge in [0.1, 0.15) is 12.1 Å². The van der Waals surface area contributed by atoms with E-state index in [1.165, 1.54) is 90.1 Å². The molecule has 234 valence electrons. The molecule has 2 heterocycles. The first-order valence-corrected chi connectivity index (χ1v) is 17.0. The van der Waals surface area contributed by atoms with Gasteiger partial charge in [-0.2, -0.15) is 0 Å². The Bertz CT molecular complexity index is 964. The Hall–Kier alpha value is -0.660. The van der Waals surface area contributed by atoms with Crippen LogP contribution in [0, 0.1) is 34.5 Å². The summed E-state index contributed by atoms with van der Waals surface area (Å²) in [6.07, 6.45) is 16.3. The highest BCUT2D eigenvalue weighted by molar-refractivity contribution is 5.66. The van der Waals surface area contributed by atoms with Crippen LogP contribution in [0.15, 0.2) is 0 Å². The van der Waals surface area contributed by atoms with Crippen molar-refractivity contribution in [2.75, 3.05) is 33.2 Å². The molecule has 6 rings (SSSR count). The van der Waals surface area contributed by atoms with Crippen molar-refractivity contribution < 1.29 is 40.5 Å². The lowest BCUT2D eigenvalue weighted by atomic mass is 9.44. The van der Waals surface area contributed by atoms with Crippen LogP contribution in [0.4, 0.5) is 0 Å². The minimum atomic E-state index is -0.111. The monoisotopic (exact) mass is 636 g/mol. The van der Waals surface area contributed by atoms with Gasteiger partial charge in [-0.25, -0.2) is 0 Å². The standard InChI is InChI=1S/C34H57N2O4.BrH/c1-23(37)39-31-20-25-12-13-26-27(34(25,4)22-29(31)35-16-8-6-9-17-35)14-15-33(3)28(26)21-30(32(33)40-24(2)38)36(5)18-10-7-11-19-36;/h25-32H,6-22H2,1-5H3;1H/q+1;/p-1/t25?,26?,27?,28?,29-,30-,31-,32-,33-,34-;/m0./s1. The molecule has 0 amide bonds. The zero-order valence-electron chi connectivity index (χ0n) is 26.5. The molecule has 4 unspecified atom stereocenters. The average Bonchev–Trinajstić information content (AvgIpc) is 3.21. The fourth-order valence-corrected chi connectivity index (χ4v) is 11.7. The molecule has 0 aromatic heterocycles. The van der Waals surface area contributed by atoms with E-state index in [2.05, 4.69) is 25.8 Å². The Labute approximate surface area is 260 Å². The highest BCUT2D eigenvalue weighted by Crippen LogP contribution is 2.67. The topological polar surface area (TPSA) is 55.8 Å². The van der Waals surface area contributed by atoms with Crippen LogP contribution < -0.4 is 17.0 Å². The smallest absolute Gasteiger partial charge is 0.303 e. The van der Waals surface area contributed by atoms with E-state index in [1.807, 2.05) is 0 Å². The fourth-order valence-electron chi connectivity index (χ4n) is 11.7. The summed E-state index contributed by atoms with van der Waals surface area (Å²) in [5, 5.41) is 0. The maximum absolute atomic E-state index is 12.5. The minimum Gasteiger partial charge on any atom is -1.00 e. The molecular weight excluding hydrogens is 580 g/mol. The lowest BCUT2D eigenvalue weighted by Gasteiger charge is -2.62. The van der Waals surface area contributed by atoms with Gasteiger partial charge in [0.25, 0.3) is 0 Å². The fraction of sp³-hybridized carbons (Fsp3) is 0.941. The molecule has 7 heteroatoms. The largest absolute Gasteiger partial charge is 1.00 e. The van der Waals surface area contributed by atoms with E-state index in [1.54, 1.807) is 13.8 Å². The Balaban J connectivity index is 0.00000337. The van der Waals surface area contributed by atoms with Crippen molar-refractivity contribution >= 4 is 11.9 Å². The highest BCUT2D eigenvalue weighted by Gasteiger charge is 2.67. The summed E-state index contributed by atoms with van der Waals surface area (Å²) in [4.78, 5) is 27.4. The number of hydrogen-bond acceptors (Lipinski definition) is 5. The molecule has 0 radical (unpaired) electrons. The normalized spacial score (nSPS) is 45.8. The summed E-state index contributed by atoms with van der Waals surface area (Å²) < 4.78 is 13.5. The summed E-state index contributed by atoms with van der Waals surface area (Å²) in [5.74, 6) is 2.50. The van der Waals surface area contributed by atoms with Crippen molar-refractivity contribution in [3.8, 4) is 0 Å². The van der Waals surface area contributed by atoms with E-state index in [9.17, 15) is 9.59 Å². The van der Waals surface area contributed by atoms with Crippen LogP contribution in [0.5, 0.6) is 0 Å². The molecule has 0 aromatic rings. The molecule has 41 heavy (non-hydrogen) atoms. The lowest BCUT2D eigenvalue weighted by Crippen LogP contribution is -3.00. The van der Waals surface area contributed by atoms with Crippen LogP contribution in [0.2, 0.25) is 0 Å². The van der Waals surface area contributed by atoms with Gasteiger partial charge < -0.3 is 30.9 Å². The third kappa shape index (κ3) is 5.56. The van der Waals surface area contributed by atoms with Crippen molar-refractivity contribution in [3.63, 3.8) is 0 Å². The molecule has 2 aliphatic heterocycles. The van der Waals surface area contributed by atoms with Crippen molar-refractivity contribution in [3.05, 3.63) is 0 Å². The van der Waals surface area contributed by atoms with Gasteiger partial charge >= 0.3 is 11.9 Å². The lowest BCUT2D eigenvalue weighted by molar-refractivity contribution is -0.940. The van der Waals surface area contributed by atoms with Crippen molar-refractivity contribution in [1.29, 1.82) is 0 Å². The maximum atomic E-state index is 12.5. The quantitative estimate of drug-likeness (QED) is 0.351. The Kier molecular flexibility index (Phi) is 9.32. The van der Waals surface area contributed by atoms with Crippen molar-refractivity contribution in [1.82, 2.24) is 4.90 Å². The maximum Gasteiger partial charge on any atom is 0.303 e. The predicted molar refractivity (Wildman–Crippen MR) is 156 cm³/mol. The van der Waals surface area contributed by atoms with Crippen LogP contribution in [-0.4, -0.2) is 78.8 Å². The number of carbonyl (C=O) groups excluding carboxylic acids is 2. The molecular formula is C34H57BrN2O4. The van der Waals surface area contributed by atoms with Crippen LogP contribution in [-0.2, 0) is 19.1 Å². The van der Waals surface area contributed by atoms with E-state index in [0.29, 0.717) is 35.3 Å². The molecule has 4 saturated carbocycles. The summed E-state index contributed by atoms with van der Waals surface area (Å²) in [6, 6.07) is 0.796. The Morgan fingerprint density at radius 2 is 1.46 bits per heavy atom. The zero-order chi connectivity index (χ0) is 28.3. The second-order valence-corrected chi connectivity index (χ2v) is 15.8. The van der Waals surface area contributed by atoms with Gasteiger partial charge in [0, 0.05) is 31.7 Å². The molecule has 0 aromatic carbocycles. The van der Waals surface area contributed by atoms with E-state index < -0.39 is 0 Å². The van der Waals surface area contributed by atoms with E-state index >= 15 is 0 Å². The molecule has 4 aliphatic carbocycles. The van der Waals surface area contributed by atoms with Crippen molar-refractivity contribution in [2.45, 2.75) is 135 Å². The summed E-state index contributed by atoms with van der Waals surface area (Å²) in [7, 11) is 2.47. The van der Waals surface area contributed by atoms with Gasteiger partial charge in [0.15, 0.2) is 6.10 Å². The van der Waals surface area contributed by atoms with Crippen molar-refractivity contribution in [2.24, 2.45) is 34.5 Å². The first-order valence-electron chi connectivity index (χ1n) is 17.0. The zero-order valence-corrected chi connectivity index (χ0v) is 28.1. The van der Waals surface area contributed by atoms with E-state index in [0.717, 1.165) is 29.9 Å². The third-order valence-electron chi connectivity index (χ3n) is 13.7. The van der Waals surface area contributed by atoms with Gasteiger partial charge in [-0.05, 0) is 113 Å². The van der Waals surface area contributed by atoms with E-state index in [4.69, 9.17) is 9.47 Å². The Morgan fingerprint density at radius 1 is 0.805 bits per heavy atom. The highest BCUT2D eigenvalue weighted by atomic mass is 79.9. The predicted octanol–water partition coefficient (Wildman–Crippen LogP) is 2.97. The average molecular weight is 638 g/mol. The van der Waals surface area contributed by atoms with Gasteiger partial charge in [0.2, 0.25) is 0 Å². The molecule has 0 N–H and O–H groups in total. The number of likely N-dealkylation sites (tertiary alicyclic amines) is 2. The molecule has 6 fully saturated rings. The number of quaternary nitrogens is 1. The van der Waals surface area contributed by atoms with Crippen LogP contribution in [0.1, 0.15) is 111 Å². The van der Waals surface area contributed by atoms with Crippen LogP contribution in [0.3, 0.4) is 0 Å². The number of hydrogen-bond donors (Lipinski definition) is 0. The first kappa shape index (κ1) is 31.8. The number of carbonyl (C=O) groups is 2. The molecule has 6 nitrogen and oxygen atoms in total. The number of piperidine rings is 2. The minimum absolute atomic E-state index is 0. The number of ether oxygens (including phenoxy) is 2. The number of likely N-dealkylation sites (N-methyl/N-ethyl adjacent to an activating group) is 1. The number of halogens is 1. The number of esters is 2. The van der Waals surface area contributed by atoms with Gasteiger partial charge in [0.05, 0.1) is 20.1 Å². The third-order valence-corrected chi connectivity index (χ3v) is 13.7. The molecule has 0 bridgehead atoms. The summed E-state index contributed by atoms with van der Waals surface area (Å²) in [6.45, 7) is 13.1. The van der Waals surface area contributed by atoms with Gasteiger partial charge in [-0.15, -0.1) is 0 Å². The van der Waals surface area contributed by atoms with Gasteiger partial charge in [-0.1, -0.05) is 20.3 Å². The molecule has 6 aliphatic rings. The molecule has 2 saturated heterocycles. The molecule has 0 spiro atoms. The SMILES string of the molecule is CC(=O)O[C@H]1CC2CCC3C(CC[C@@]4(C)C3C[C@H]([N+]3(C)CCCCC3)[C@@H]4OC(C)=O)[C@@]2(C)C[C@@H]1N1CCCCC1.[Br-]. The first-order chi connectivity index (χ1) is 19.0. The number of rotatable bonds is 4. The number of fused-ring (bicyclic) bond motifs is 5. The van der Waals surface area contributed by atoms with Crippen LogP contribution >= 0.6 is 0 Å². The number of nitrogens with zero attached hydrogens (tertiary/aromatic N) is 2. The van der Waals surface area contributed by atoms with Gasteiger partial charge in [-0.3, -0.25) is 14.5 Å².